The molecule has 0 aliphatic carbocycles. The van der Waals surface area contributed by atoms with Crippen molar-refractivity contribution in [2.24, 2.45) is 11.1 Å². The molecular formula is C13H17N5O3. The van der Waals surface area contributed by atoms with E-state index < -0.39 is 4.92 Å². The number of nitro benzene ring substituents is 1. The summed E-state index contributed by atoms with van der Waals surface area (Å²) >= 11 is 0. The molecule has 0 radical (unpaired) electrons. The largest absolute Gasteiger partial charge is 0.369 e. The zero-order valence-corrected chi connectivity index (χ0v) is 11.9. The molecule has 1 fully saturated rings. The number of hydrogen-bond donors (Lipinski definition) is 1. The lowest BCUT2D eigenvalue weighted by Crippen LogP contribution is -2.52. The summed E-state index contributed by atoms with van der Waals surface area (Å²) in [6.07, 6.45) is 0.858. The van der Waals surface area contributed by atoms with E-state index in [4.69, 9.17) is 10.4 Å². The number of fused-ring (bicyclic) bond motifs is 1. The third kappa shape index (κ3) is 2.21. The standard InChI is InChI=1S/C13H17N5O3/c1-13(2)7-17(6-5-10(13)14)8-3-4-9(18(19)20)12-11(8)15-21-16-12/h3-4,10H,5-7,14H2,1-2H3. The number of nitrogens with two attached hydrogens (primary N) is 1. The van der Waals surface area contributed by atoms with Crippen molar-refractivity contribution in [3.8, 4) is 0 Å². The maximum Gasteiger partial charge on any atom is 0.300 e. The van der Waals surface area contributed by atoms with E-state index in [1.807, 2.05) is 0 Å². The average Bonchev–Trinajstić information content (AvgIpc) is 2.89. The Hall–Kier alpha value is -2.22. The lowest BCUT2D eigenvalue weighted by Gasteiger charge is -2.43. The van der Waals surface area contributed by atoms with E-state index in [9.17, 15) is 10.1 Å². The van der Waals surface area contributed by atoms with Gasteiger partial charge in [-0.1, -0.05) is 13.8 Å². The Balaban J connectivity index is 2.04. The molecule has 8 heteroatoms. The summed E-state index contributed by atoms with van der Waals surface area (Å²) < 4.78 is 4.70. The van der Waals surface area contributed by atoms with Gasteiger partial charge in [0, 0.05) is 25.2 Å². The SMILES string of the molecule is CC1(C)CN(c2ccc([N+](=O)[O-])c3nonc23)CCC1N. The van der Waals surface area contributed by atoms with Gasteiger partial charge >= 0.3 is 5.69 Å². The Labute approximate surface area is 121 Å². The number of aromatic nitrogens is 2. The Morgan fingerprint density at radius 3 is 2.81 bits per heavy atom. The summed E-state index contributed by atoms with van der Waals surface area (Å²) in [5, 5.41) is 18.5. The molecule has 1 unspecified atom stereocenters. The van der Waals surface area contributed by atoms with Gasteiger partial charge in [-0.25, -0.2) is 4.63 Å². The first-order valence-corrected chi connectivity index (χ1v) is 6.80. The van der Waals surface area contributed by atoms with E-state index >= 15 is 0 Å². The third-order valence-corrected chi connectivity index (χ3v) is 4.22. The first-order chi connectivity index (χ1) is 9.90. The Morgan fingerprint density at radius 2 is 2.14 bits per heavy atom. The monoisotopic (exact) mass is 291 g/mol. The fraction of sp³-hybridized carbons (Fsp3) is 0.538. The highest BCUT2D eigenvalue weighted by Gasteiger charge is 2.35. The van der Waals surface area contributed by atoms with Crippen molar-refractivity contribution in [3.63, 3.8) is 0 Å². The molecule has 1 aromatic heterocycles. The fourth-order valence-corrected chi connectivity index (χ4v) is 2.82. The number of nitro groups is 1. The highest BCUT2D eigenvalue weighted by atomic mass is 16.6. The van der Waals surface area contributed by atoms with Crippen LogP contribution in [-0.2, 0) is 0 Å². The number of nitrogens with zero attached hydrogens (tertiary/aromatic N) is 4. The number of hydrogen-bond acceptors (Lipinski definition) is 7. The van der Waals surface area contributed by atoms with E-state index in [1.165, 1.54) is 6.07 Å². The molecule has 1 atom stereocenters. The van der Waals surface area contributed by atoms with Crippen molar-refractivity contribution in [1.29, 1.82) is 0 Å². The van der Waals surface area contributed by atoms with Gasteiger partial charge in [-0.3, -0.25) is 10.1 Å². The van der Waals surface area contributed by atoms with E-state index in [0.29, 0.717) is 5.52 Å². The van der Waals surface area contributed by atoms with Gasteiger partial charge in [0.15, 0.2) is 5.52 Å². The number of anilines is 1. The molecule has 0 spiro atoms. The van der Waals surface area contributed by atoms with Crippen molar-refractivity contribution >= 4 is 22.4 Å². The molecule has 0 amide bonds. The van der Waals surface area contributed by atoms with Gasteiger partial charge in [0.1, 0.15) is 0 Å². The van der Waals surface area contributed by atoms with Crippen LogP contribution in [0.5, 0.6) is 0 Å². The normalized spacial score (nSPS) is 21.7. The van der Waals surface area contributed by atoms with Crippen LogP contribution in [0.1, 0.15) is 20.3 Å². The zero-order valence-electron chi connectivity index (χ0n) is 11.9. The van der Waals surface area contributed by atoms with Crippen LogP contribution in [0.4, 0.5) is 11.4 Å². The molecule has 8 nitrogen and oxygen atoms in total. The highest BCUT2D eigenvalue weighted by Crippen LogP contribution is 2.36. The molecule has 1 saturated heterocycles. The number of non-ortho nitro benzene ring substituents is 1. The van der Waals surface area contributed by atoms with Crippen LogP contribution in [0.15, 0.2) is 16.8 Å². The third-order valence-electron chi connectivity index (χ3n) is 4.22. The summed E-state index contributed by atoms with van der Waals surface area (Å²) in [6.45, 7) is 5.78. The van der Waals surface area contributed by atoms with Crippen LogP contribution in [0.2, 0.25) is 0 Å². The molecule has 0 bridgehead atoms. The van der Waals surface area contributed by atoms with Gasteiger partial charge in [0.2, 0.25) is 5.52 Å². The molecule has 2 heterocycles. The van der Waals surface area contributed by atoms with Crippen molar-refractivity contribution in [2.45, 2.75) is 26.3 Å². The molecule has 2 N–H and O–H groups in total. The van der Waals surface area contributed by atoms with Crippen molar-refractivity contribution in [3.05, 3.63) is 22.2 Å². The highest BCUT2D eigenvalue weighted by molar-refractivity contribution is 5.93. The minimum absolute atomic E-state index is 0.0382. The van der Waals surface area contributed by atoms with E-state index in [0.717, 1.165) is 25.2 Å². The lowest BCUT2D eigenvalue weighted by molar-refractivity contribution is -0.383. The summed E-state index contributed by atoms with van der Waals surface area (Å²) in [5.41, 5.74) is 7.43. The lowest BCUT2D eigenvalue weighted by atomic mass is 9.79. The maximum atomic E-state index is 11.0. The van der Waals surface area contributed by atoms with Crippen LogP contribution >= 0.6 is 0 Å². The van der Waals surface area contributed by atoms with Gasteiger partial charge in [-0.05, 0) is 28.2 Å². The van der Waals surface area contributed by atoms with Crippen molar-refractivity contribution < 1.29 is 9.55 Å². The first kappa shape index (κ1) is 13.7. The summed E-state index contributed by atoms with van der Waals surface area (Å²) in [6, 6.07) is 3.29. The topological polar surface area (TPSA) is 111 Å². The summed E-state index contributed by atoms with van der Waals surface area (Å²) in [4.78, 5) is 12.7. The van der Waals surface area contributed by atoms with Crippen LogP contribution in [0.3, 0.4) is 0 Å². The van der Waals surface area contributed by atoms with Gasteiger partial charge < -0.3 is 10.6 Å². The quantitative estimate of drug-likeness (QED) is 0.662. The number of rotatable bonds is 2. The minimum atomic E-state index is -0.480. The second-order valence-electron chi connectivity index (χ2n) is 6.13. The molecule has 3 rings (SSSR count). The van der Waals surface area contributed by atoms with Crippen molar-refractivity contribution in [1.82, 2.24) is 10.3 Å². The van der Waals surface area contributed by atoms with Crippen LogP contribution in [-0.4, -0.2) is 34.4 Å². The number of benzene rings is 1. The number of piperidine rings is 1. The average molecular weight is 291 g/mol. The minimum Gasteiger partial charge on any atom is -0.369 e. The van der Waals surface area contributed by atoms with Crippen LogP contribution in [0.25, 0.3) is 11.0 Å². The smallest absolute Gasteiger partial charge is 0.300 e. The van der Waals surface area contributed by atoms with E-state index in [1.54, 1.807) is 6.07 Å². The molecular weight excluding hydrogens is 274 g/mol. The van der Waals surface area contributed by atoms with E-state index in [-0.39, 0.29) is 22.7 Å². The zero-order chi connectivity index (χ0) is 15.2. The second-order valence-corrected chi connectivity index (χ2v) is 6.13. The van der Waals surface area contributed by atoms with Gasteiger partial charge in [-0.2, -0.15) is 0 Å². The van der Waals surface area contributed by atoms with Crippen LogP contribution in [0, 0.1) is 15.5 Å². The molecule has 21 heavy (non-hydrogen) atoms. The Kier molecular flexibility index (Phi) is 3.05. The molecule has 112 valence electrons. The molecule has 2 aromatic rings. The van der Waals surface area contributed by atoms with Crippen molar-refractivity contribution in [2.75, 3.05) is 18.0 Å². The Bertz CT molecular complexity index is 696. The first-order valence-electron chi connectivity index (χ1n) is 6.80. The predicted octanol–water partition coefficient (Wildman–Crippen LogP) is 1.69. The predicted molar refractivity (Wildman–Crippen MR) is 77.0 cm³/mol. The summed E-state index contributed by atoms with van der Waals surface area (Å²) in [7, 11) is 0. The molecule has 1 aliphatic heterocycles. The fourth-order valence-electron chi connectivity index (χ4n) is 2.82. The summed E-state index contributed by atoms with van der Waals surface area (Å²) in [5.74, 6) is 0. The van der Waals surface area contributed by atoms with Crippen LogP contribution < -0.4 is 10.6 Å². The maximum absolute atomic E-state index is 11.0. The molecule has 1 aliphatic rings. The molecule has 0 saturated carbocycles. The molecule has 1 aromatic carbocycles. The van der Waals surface area contributed by atoms with Gasteiger partial charge in [0.25, 0.3) is 0 Å². The van der Waals surface area contributed by atoms with Gasteiger partial charge in [-0.15, -0.1) is 0 Å². The second kappa shape index (κ2) is 4.66. The Morgan fingerprint density at radius 1 is 1.43 bits per heavy atom. The van der Waals surface area contributed by atoms with E-state index in [2.05, 4.69) is 29.1 Å². The van der Waals surface area contributed by atoms with Gasteiger partial charge in [0.05, 0.1) is 10.6 Å².